The lowest BCUT2D eigenvalue weighted by Gasteiger charge is -2.08. The van der Waals surface area contributed by atoms with E-state index in [-0.39, 0.29) is 5.63 Å². The summed E-state index contributed by atoms with van der Waals surface area (Å²) in [6, 6.07) is 9.38. The van der Waals surface area contributed by atoms with Gasteiger partial charge in [-0.05, 0) is 54.1 Å². The zero-order chi connectivity index (χ0) is 18.3. The number of nitrogens with zero attached hydrogens (tertiary/aromatic N) is 3. The van der Waals surface area contributed by atoms with Gasteiger partial charge in [-0.3, -0.25) is 0 Å². The van der Waals surface area contributed by atoms with E-state index in [0.717, 1.165) is 27.0 Å². The van der Waals surface area contributed by atoms with E-state index in [1.165, 1.54) is 22.5 Å². The quantitative estimate of drug-likeness (QED) is 0.328. The van der Waals surface area contributed by atoms with Gasteiger partial charge in [0.25, 0.3) is 0 Å². The Morgan fingerprint density at radius 1 is 1.23 bits per heavy atom. The normalized spacial score (nSPS) is 11.3. The highest BCUT2D eigenvalue weighted by molar-refractivity contribution is 7.98. The van der Waals surface area contributed by atoms with E-state index in [9.17, 15) is 4.79 Å². The first-order valence-corrected chi connectivity index (χ1v) is 9.80. The number of hydrogen-bond donors (Lipinski definition) is 1. The molecule has 3 aromatic heterocycles. The number of hydrogen-bond acceptors (Lipinski definition) is 7. The largest absolute Gasteiger partial charge is 0.423 e. The van der Waals surface area contributed by atoms with Gasteiger partial charge in [0.2, 0.25) is 5.16 Å². The van der Waals surface area contributed by atoms with E-state index in [1.54, 1.807) is 11.3 Å². The average molecular weight is 384 g/mol. The molecule has 0 amide bonds. The molecule has 3 heterocycles. The maximum Gasteiger partial charge on any atom is 0.336 e. The fraction of sp³-hybridized carbons (Fsp3) is 0.167. The van der Waals surface area contributed by atoms with Gasteiger partial charge < -0.3 is 10.3 Å². The topological polar surface area (TPSA) is 86.9 Å². The Hall–Kier alpha value is -2.58. The van der Waals surface area contributed by atoms with Gasteiger partial charge in [-0.2, -0.15) is 0 Å². The van der Waals surface area contributed by atoms with Crippen LogP contribution in [0.5, 0.6) is 0 Å². The molecule has 1 aromatic carbocycles. The first-order chi connectivity index (χ1) is 12.5. The second-order valence-corrected chi connectivity index (χ2v) is 7.86. The second kappa shape index (κ2) is 6.62. The van der Waals surface area contributed by atoms with Gasteiger partial charge >= 0.3 is 5.63 Å². The van der Waals surface area contributed by atoms with E-state index in [1.807, 2.05) is 43.5 Å². The molecule has 0 radical (unpaired) electrons. The van der Waals surface area contributed by atoms with Gasteiger partial charge in [-0.25, -0.2) is 9.47 Å². The summed E-state index contributed by atoms with van der Waals surface area (Å²) in [6.07, 6.45) is 0. The Balaban J connectivity index is 1.67. The number of nitrogen functional groups attached to an aromatic ring is 1. The molecule has 6 nitrogen and oxygen atoms in total. The summed E-state index contributed by atoms with van der Waals surface area (Å²) < 4.78 is 6.83. The highest BCUT2D eigenvalue weighted by Gasteiger charge is 2.14. The van der Waals surface area contributed by atoms with Crippen LogP contribution in [0.3, 0.4) is 0 Å². The molecule has 0 bridgehead atoms. The van der Waals surface area contributed by atoms with Crippen molar-refractivity contribution < 1.29 is 4.42 Å². The summed E-state index contributed by atoms with van der Waals surface area (Å²) in [4.78, 5) is 12.9. The zero-order valence-electron chi connectivity index (χ0n) is 14.2. The van der Waals surface area contributed by atoms with Gasteiger partial charge in [0, 0.05) is 17.2 Å². The molecule has 4 aromatic rings. The molecular weight excluding hydrogens is 368 g/mol. The van der Waals surface area contributed by atoms with Crippen LogP contribution in [0.4, 0.5) is 0 Å². The van der Waals surface area contributed by atoms with Crippen LogP contribution < -0.4 is 11.5 Å². The third-order valence-corrected chi connectivity index (χ3v) is 6.07. The summed E-state index contributed by atoms with van der Waals surface area (Å²) in [5.41, 5.74) is 3.38. The van der Waals surface area contributed by atoms with Crippen molar-refractivity contribution in [3.8, 4) is 10.7 Å². The Morgan fingerprint density at radius 3 is 2.81 bits per heavy atom. The summed E-state index contributed by atoms with van der Waals surface area (Å²) in [5, 5.41) is 11.8. The molecule has 4 rings (SSSR count). The van der Waals surface area contributed by atoms with Gasteiger partial charge in [-0.15, -0.1) is 21.5 Å². The Labute approximate surface area is 157 Å². The highest BCUT2D eigenvalue weighted by Crippen LogP contribution is 2.29. The second-order valence-electron chi connectivity index (χ2n) is 5.97. The number of fused-ring (bicyclic) bond motifs is 1. The molecule has 0 spiro atoms. The highest BCUT2D eigenvalue weighted by atomic mass is 32.2. The van der Waals surface area contributed by atoms with E-state index in [2.05, 4.69) is 10.2 Å². The van der Waals surface area contributed by atoms with E-state index in [0.29, 0.717) is 22.3 Å². The summed E-state index contributed by atoms with van der Waals surface area (Å²) in [5.74, 6) is 7.32. The van der Waals surface area contributed by atoms with Gasteiger partial charge in [0.05, 0.1) is 4.88 Å². The molecular formula is C18H16N4O2S2. The third kappa shape index (κ3) is 3.02. The number of aromatic nitrogens is 3. The monoisotopic (exact) mass is 384 g/mol. The van der Waals surface area contributed by atoms with Crippen molar-refractivity contribution in [1.82, 2.24) is 14.9 Å². The minimum absolute atomic E-state index is 0.357. The molecule has 0 unspecified atom stereocenters. The molecule has 0 aliphatic carbocycles. The van der Waals surface area contributed by atoms with E-state index < -0.39 is 0 Å². The van der Waals surface area contributed by atoms with Crippen LogP contribution in [0.15, 0.2) is 50.1 Å². The fourth-order valence-corrected chi connectivity index (χ4v) is 4.25. The minimum Gasteiger partial charge on any atom is -0.423 e. The number of benzene rings is 1. The molecule has 26 heavy (non-hydrogen) atoms. The molecule has 2 N–H and O–H groups in total. The lowest BCUT2D eigenvalue weighted by atomic mass is 10.0. The average Bonchev–Trinajstić information content (AvgIpc) is 3.24. The Bertz CT molecular complexity index is 1150. The first kappa shape index (κ1) is 16.9. The van der Waals surface area contributed by atoms with E-state index in [4.69, 9.17) is 10.3 Å². The van der Waals surface area contributed by atoms with Crippen molar-refractivity contribution in [1.29, 1.82) is 0 Å². The predicted octanol–water partition coefficient (Wildman–Crippen LogP) is 3.74. The van der Waals surface area contributed by atoms with Crippen LogP contribution >= 0.6 is 23.1 Å². The molecule has 0 aliphatic rings. The number of thiophene rings is 1. The standard InChI is InChI=1S/C18H16N4O2S2/c1-10-6-13-12(8-16(23)24-14(13)7-11(10)2)9-26-18-21-20-17(22(18)19)15-4-3-5-25-15/h3-8H,9,19H2,1-2H3. The lowest BCUT2D eigenvalue weighted by Crippen LogP contribution is -2.11. The Kier molecular flexibility index (Phi) is 4.29. The maximum absolute atomic E-state index is 11.9. The predicted molar refractivity (Wildman–Crippen MR) is 105 cm³/mol. The van der Waals surface area contributed by atoms with Crippen LogP contribution in [-0.2, 0) is 5.75 Å². The van der Waals surface area contributed by atoms with Gasteiger partial charge in [0.1, 0.15) is 5.58 Å². The van der Waals surface area contributed by atoms with Crippen LogP contribution in [0.2, 0.25) is 0 Å². The molecule has 0 fully saturated rings. The molecule has 8 heteroatoms. The van der Waals surface area contributed by atoms with Crippen molar-refractivity contribution in [3.63, 3.8) is 0 Å². The molecule has 0 saturated heterocycles. The number of thioether (sulfide) groups is 1. The fourth-order valence-electron chi connectivity index (χ4n) is 2.69. The van der Waals surface area contributed by atoms with Gasteiger partial charge in [0.15, 0.2) is 5.82 Å². The number of rotatable bonds is 4. The van der Waals surface area contributed by atoms with E-state index >= 15 is 0 Å². The van der Waals surface area contributed by atoms with Crippen LogP contribution in [0, 0.1) is 13.8 Å². The van der Waals surface area contributed by atoms with Crippen molar-refractivity contribution in [2.45, 2.75) is 24.8 Å². The summed E-state index contributed by atoms with van der Waals surface area (Å²) in [6.45, 7) is 4.04. The molecule has 0 saturated carbocycles. The zero-order valence-corrected chi connectivity index (χ0v) is 15.9. The first-order valence-electron chi connectivity index (χ1n) is 7.94. The van der Waals surface area contributed by atoms with Crippen molar-refractivity contribution >= 4 is 34.1 Å². The summed E-state index contributed by atoms with van der Waals surface area (Å²) >= 11 is 3.00. The van der Waals surface area contributed by atoms with Crippen LogP contribution in [-0.4, -0.2) is 14.9 Å². The SMILES string of the molecule is Cc1cc2oc(=O)cc(CSc3nnc(-c4cccs4)n3N)c2cc1C. The molecule has 0 aliphatic heterocycles. The van der Waals surface area contributed by atoms with Crippen LogP contribution in [0.1, 0.15) is 16.7 Å². The number of nitrogens with two attached hydrogens (primary N) is 1. The van der Waals surface area contributed by atoms with Crippen molar-refractivity contribution in [2.24, 2.45) is 0 Å². The third-order valence-electron chi connectivity index (χ3n) is 4.21. The minimum atomic E-state index is -0.357. The number of aryl methyl sites for hydroxylation is 2. The van der Waals surface area contributed by atoms with Crippen LogP contribution in [0.25, 0.3) is 21.7 Å². The van der Waals surface area contributed by atoms with Crippen molar-refractivity contribution in [2.75, 3.05) is 5.84 Å². The smallest absolute Gasteiger partial charge is 0.336 e. The molecule has 0 atom stereocenters. The maximum atomic E-state index is 11.9. The molecule has 132 valence electrons. The van der Waals surface area contributed by atoms with Gasteiger partial charge in [-0.1, -0.05) is 17.8 Å². The van der Waals surface area contributed by atoms with Crippen molar-refractivity contribution in [3.05, 3.63) is 62.8 Å². The Morgan fingerprint density at radius 2 is 2.04 bits per heavy atom. The lowest BCUT2D eigenvalue weighted by molar-refractivity contribution is 0.559. The summed E-state index contributed by atoms with van der Waals surface area (Å²) in [7, 11) is 0.